The van der Waals surface area contributed by atoms with E-state index < -0.39 is 0 Å². The molecule has 2 fully saturated rings. The highest BCUT2D eigenvalue weighted by Gasteiger charge is 2.41. The van der Waals surface area contributed by atoms with Crippen LogP contribution in [0, 0.1) is 16.7 Å². The Morgan fingerprint density at radius 3 is 2.31 bits per heavy atom. The van der Waals surface area contributed by atoms with Crippen molar-refractivity contribution in [3.8, 4) is 0 Å². The summed E-state index contributed by atoms with van der Waals surface area (Å²) in [6.45, 7) is 10.0. The second-order valence-corrected chi connectivity index (χ2v) is 7.15. The topological polar surface area (TPSA) is 3.24 Å². The summed E-state index contributed by atoms with van der Waals surface area (Å²) in [5.74, 6) is 0.849. The Kier molecular flexibility index (Phi) is 3.36. The molecule has 0 bridgehead atoms. The Morgan fingerprint density at radius 1 is 1.00 bits per heavy atom. The molecule has 1 heterocycles. The van der Waals surface area contributed by atoms with E-state index in [1.165, 1.54) is 51.6 Å². The van der Waals surface area contributed by atoms with E-state index in [1.54, 1.807) is 0 Å². The number of nitrogens with zero attached hydrogens (tertiary/aromatic N) is 1. The standard InChI is InChI=1S/C15H29N/c1-13(2)14(3)6-5-7-15(9-8-14)10-11-16(4)12-15/h13H,5-12H2,1-4H3. The minimum absolute atomic E-state index is 0.616. The van der Waals surface area contributed by atoms with Crippen molar-refractivity contribution in [2.24, 2.45) is 16.7 Å². The van der Waals surface area contributed by atoms with Crippen LogP contribution in [0.15, 0.2) is 0 Å². The molecule has 16 heavy (non-hydrogen) atoms. The van der Waals surface area contributed by atoms with Crippen molar-refractivity contribution in [3.63, 3.8) is 0 Å². The zero-order valence-corrected chi connectivity index (χ0v) is 11.7. The van der Waals surface area contributed by atoms with Crippen molar-refractivity contribution in [2.75, 3.05) is 20.1 Å². The molecule has 2 unspecified atom stereocenters. The lowest BCUT2D eigenvalue weighted by Crippen LogP contribution is -2.26. The molecular weight excluding hydrogens is 194 g/mol. The predicted molar refractivity (Wildman–Crippen MR) is 70.6 cm³/mol. The van der Waals surface area contributed by atoms with Crippen molar-refractivity contribution < 1.29 is 0 Å². The van der Waals surface area contributed by atoms with Gasteiger partial charge in [-0.1, -0.05) is 27.2 Å². The van der Waals surface area contributed by atoms with Crippen LogP contribution in [0.2, 0.25) is 0 Å². The van der Waals surface area contributed by atoms with Gasteiger partial charge in [0.25, 0.3) is 0 Å². The van der Waals surface area contributed by atoms with Gasteiger partial charge in [0.2, 0.25) is 0 Å². The minimum Gasteiger partial charge on any atom is -0.306 e. The molecular formula is C15H29N. The molecule has 0 amide bonds. The fourth-order valence-electron chi connectivity index (χ4n) is 3.81. The lowest BCUT2D eigenvalue weighted by atomic mass is 9.72. The molecule has 2 aliphatic rings. The van der Waals surface area contributed by atoms with Gasteiger partial charge in [-0.2, -0.15) is 0 Å². The van der Waals surface area contributed by atoms with E-state index in [1.807, 2.05) is 0 Å². The van der Waals surface area contributed by atoms with Gasteiger partial charge in [0.1, 0.15) is 0 Å². The molecule has 0 aromatic heterocycles. The highest BCUT2D eigenvalue weighted by atomic mass is 15.1. The third kappa shape index (κ3) is 2.30. The van der Waals surface area contributed by atoms with Crippen LogP contribution in [0.3, 0.4) is 0 Å². The summed E-state index contributed by atoms with van der Waals surface area (Å²) in [5, 5.41) is 0. The van der Waals surface area contributed by atoms with Crippen LogP contribution >= 0.6 is 0 Å². The minimum atomic E-state index is 0.616. The van der Waals surface area contributed by atoms with Gasteiger partial charge in [0.05, 0.1) is 0 Å². The van der Waals surface area contributed by atoms with E-state index in [2.05, 4.69) is 32.7 Å². The largest absolute Gasteiger partial charge is 0.306 e. The maximum absolute atomic E-state index is 2.54. The second-order valence-electron chi connectivity index (χ2n) is 7.15. The Bertz CT molecular complexity index is 248. The molecule has 2 atom stereocenters. The van der Waals surface area contributed by atoms with Crippen LogP contribution in [0.25, 0.3) is 0 Å². The van der Waals surface area contributed by atoms with Crippen LogP contribution in [0.4, 0.5) is 0 Å². The summed E-state index contributed by atoms with van der Waals surface area (Å²) in [6, 6.07) is 0. The average molecular weight is 223 g/mol. The van der Waals surface area contributed by atoms with E-state index in [0.29, 0.717) is 10.8 Å². The summed E-state index contributed by atoms with van der Waals surface area (Å²) < 4.78 is 0. The predicted octanol–water partition coefficient (Wildman–Crippen LogP) is 3.93. The zero-order valence-electron chi connectivity index (χ0n) is 11.7. The number of hydrogen-bond donors (Lipinski definition) is 0. The highest BCUT2D eigenvalue weighted by Crippen LogP contribution is 2.49. The van der Waals surface area contributed by atoms with Crippen molar-refractivity contribution in [1.82, 2.24) is 4.90 Å². The lowest BCUT2D eigenvalue weighted by molar-refractivity contribution is 0.170. The molecule has 2 rings (SSSR count). The molecule has 1 nitrogen and oxygen atoms in total. The summed E-state index contributed by atoms with van der Waals surface area (Å²) in [6.07, 6.45) is 8.79. The van der Waals surface area contributed by atoms with Crippen LogP contribution in [0.5, 0.6) is 0 Å². The van der Waals surface area contributed by atoms with E-state index in [9.17, 15) is 0 Å². The first-order valence-corrected chi connectivity index (χ1v) is 7.14. The molecule has 0 aromatic rings. The monoisotopic (exact) mass is 223 g/mol. The molecule has 0 radical (unpaired) electrons. The second kappa shape index (κ2) is 4.33. The summed E-state index contributed by atoms with van der Waals surface area (Å²) in [7, 11) is 2.29. The SMILES string of the molecule is CC(C)C1(C)CCCC2(CCN(C)C2)CC1. The first kappa shape index (κ1) is 12.4. The average Bonchev–Trinajstić information content (AvgIpc) is 2.48. The van der Waals surface area contributed by atoms with Crippen LogP contribution < -0.4 is 0 Å². The molecule has 94 valence electrons. The Morgan fingerprint density at radius 2 is 1.75 bits per heavy atom. The number of hydrogen-bond acceptors (Lipinski definition) is 1. The quantitative estimate of drug-likeness (QED) is 0.651. The first-order chi connectivity index (χ1) is 7.46. The third-order valence-electron chi connectivity index (χ3n) is 5.70. The molecule has 1 aliphatic heterocycles. The fraction of sp³-hybridized carbons (Fsp3) is 1.00. The van der Waals surface area contributed by atoms with E-state index in [0.717, 1.165) is 5.92 Å². The molecule has 1 heteroatoms. The van der Waals surface area contributed by atoms with Crippen molar-refractivity contribution >= 4 is 0 Å². The van der Waals surface area contributed by atoms with Crippen molar-refractivity contribution in [1.29, 1.82) is 0 Å². The van der Waals surface area contributed by atoms with Crippen LogP contribution in [0.1, 0.15) is 59.3 Å². The number of likely N-dealkylation sites (tertiary alicyclic amines) is 1. The van der Waals surface area contributed by atoms with Gasteiger partial charge in [-0.05, 0) is 62.4 Å². The lowest BCUT2D eigenvalue weighted by Gasteiger charge is -2.34. The smallest absolute Gasteiger partial charge is 0.00354 e. The molecule has 1 aliphatic carbocycles. The van der Waals surface area contributed by atoms with E-state index in [4.69, 9.17) is 0 Å². The molecule has 1 saturated carbocycles. The molecule has 0 N–H and O–H groups in total. The van der Waals surface area contributed by atoms with Crippen LogP contribution in [-0.2, 0) is 0 Å². The van der Waals surface area contributed by atoms with Gasteiger partial charge in [0.15, 0.2) is 0 Å². The Balaban J connectivity index is 2.03. The van der Waals surface area contributed by atoms with Gasteiger partial charge in [-0.3, -0.25) is 0 Å². The van der Waals surface area contributed by atoms with Gasteiger partial charge < -0.3 is 4.90 Å². The third-order valence-corrected chi connectivity index (χ3v) is 5.70. The maximum Gasteiger partial charge on any atom is 0.00354 e. The van der Waals surface area contributed by atoms with E-state index in [-0.39, 0.29) is 0 Å². The molecule has 0 aromatic carbocycles. The first-order valence-electron chi connectivity index (χ1n) is 7.14. The molecule has 1 saturated heterocycles. The fourth-order valence-corrected chi connectivity index (χ4v) is 3.81. The molecule has 1 spiro atoms. The van der Waals surface area contributed by atoms with Crippen LogP contribution in [-0.4, -0.2) is 25.0 Å². The highest BCUT2D eigenvalue weighted by molar-refractivity contribution is 4.94. The van der Waals surface area contributed by atoms with E-state index >= 15 is 0 Å². The Labute approximate surface area is 102 Å². The number of rotatable bonds is 1. The van der Waals surface area contributed by atoms with Crippen molar-refractivity contribution in [3.05, 3.63) is 0 Å². The zero-order chi connectivity index (χ0) is 11.8. The summed E-state index contributed by atoms with van der Waals surface area (Å²) in [4.78, 5) is 2.54. The van der Waals surface area contributed by atoms with Gasteiger partial charge in [-0.25, -0.2) is 0 Å². The normalized spacial score (nSPS) is 41.8. The van der Waals surface area contributed by atoms with Gasteiger partial charge in [0, 0.05) is 6.54 Å². The summed E-state index contributed by atoms with van der Waals surface area (Å²) >= 11 is 0. The van der Waals surface area contributed by atoms with Gasteiger partial charge in [-0.15, -0.1) is 0 Å². The summed E-state index contributed by atoms with van der Waals surface area (Å²) in [5.41, 5.74) is 1.31. The Hall–Kier alpha value is -0.0400. The maximum atomic E-state index is 2.54. The van der Waals surface area contributed by atoms with Gasteiger partial charge >= 0.3 is 0 Å². The van der Waals surface area contributed by atoms with Crippen molar-refractivity contribution in [2.45, 2.75) is 59.3 Å².